The summed E-state index contributed by atoms with van der Waals surface area (Å²) in [4.78, 5) is 25.1. The molecule has 3 atom stereocenters. The minimum Gasteiger partial charge on any atom is -0.367 e. The lowest BCUT2D eigenvalue weighted by atomic mass is 9.65. The van der Waals surface area contributed by atoms with E-state index in [0.29, 0.717) is 22.4 Å². The second-order valence-electron chi connectivity index (χ2n) is 7.69. The van der Waals surface area contributed by atoms with Crippen molar-refractivity contribution in [3.63, 3.8) is 0 Å². The van der Waals surface area contributed by atoms with Gasteiger partial charge in [-0.05, 0) is 62.1 Å². The van der Waals surface area contributed by atoms with E-state index in [9.17, 15) is 9.59 Å². The molecule has 1 aromatic rings. The van der Waals surface area contributed by atoms with E-state index in [1.54, 1.807) is 31.2 Å². The maximum atomic E-state index is 12.9. The fourth-order valence-electron chi connectivity index (χ4n) is 4.43. The van der Waals surface area contributed by atoms with Crippen LogP contribution in [0.25, 0.3) is 0 Å². The molecule has 0 aromatic heterocycles. The molecular weight excluding hydrogens is 338 g/mol. The predicted molar refractivity (Wildman–Crippen MR) is 97.7 cm³/mol. The molecule has 6 heteroatoms. The molecule has 25 heavy (non-hydrogen) atoms. The van der Waals surface area contributed by atoms with Crippen molar-refractivity contribution in [3.05, 3.63) is 34.9 Å². The highest BCUT2D eigenvalue weighted by molar-refractivity contribution is 6.30. The van der Waals surface area contributed by atoms with E-state index in [0.717, 1.165) is 25.7 Å². The monoisotopic (exact) mass is 363 g/mol. The summed E-state index contributed by atoms with van der Waals surface area (Å²) in [6.07, 6.45) is 4.94. The summed E-state index contributed by atoms with van der Waals surface area (Å²) < 4.78 is 0. The third kappa shape index (κ3) is 3.53. The van der Waals surface area contributed by atoms with Crippen molar-refractivity contribution in [1.82, 2.24) is 5.32 Å². The van der Waals surface area contributed by atoms with Crippen molar-refractivity contribution in [1.29, 1.82) is 0 Å². The van der Waals surface area contributed by atoms with Gasteiger partial charge in [0.25, 0.3) is 0 Å². The number of primary amides is 1. The van der Waals surface area contributed by atoms with E-state index < -0.39 is 11.4 Å². The second kappa shape index (κ2) is 6.96. The Hall–Kier alpha value is -1.59. The van der Waals surface area contributed by atoms with Crippen LogP contribution in [0.4, 0.5) is 0 Å². The van der Waals surface area contributed by atoms with Crippen LogP contribution in [0.3, 0.4) is 0 Å². The first kappa shape index (κ1) is 18.2. The Labute approximate surface area is 153 Å². The van der Waals surface area contributed by atoms with E-state index >= 15 is 0 Å². The van der Waals surface area contributed by atoms with Gasteiger partial charge in [0, 0.05) is 17.0 Å². The van der Waals surface area contributed by atoms with E-state index in [1.165, 1.54) is 6.42 Å². The normalized spacial score (nSPS) is 31.0. The molecular formula is C19H26ClN3O2. The van der Waals surface area contributed by atoms with E-state index in [1.807, 2.05) is 0 Å². The van der Waals surface area contributed by atoms with Gasteiger partial charge in [0.05, 0.1) is 0 Å². The van der Waals surface area contributed by atoms with E-state index in [-0.39, 0.29) is 17.9 Å². The van der Waals surface area contributed by atoms with Crippen molar-refractivity contribution in [2.75, 3.05) is 0 Å². The summed E-state index contributed by atoms with van der Waals surface area (Å²) in [6, 6.07) is 7.08. The molecule has 0 saturated heterocycles. The summed E-state index contributed by atoms with van der Waals surface area (Å²) >= 11 is 6.04. The molecule has 2 saturated carbocycles. The standard InChI is InChI=1S/C19H26ClN3O2/c1-19(18(22)25,14-6-3-7-15(20)10-14)23-17(24)13-8-11-4-2-5-12(9-13)16(11)21/h3,6-7,10-13,16H,2,4-5,8-9,21H2,1H3,(H2,22,25)(H,23,24). The molecule has 5 nitrogen and oxygen atoms in total. The van der Waals surface area contributed by atoms with Crippen LogP contribution in [0.15, 0.2) is 24.3 Å². The highest BCUT2D eigenvalue weighted by atomic mass is 35.5. The molecule has 3 unspecified atom stereocenters. The molecule has 0 heterocycles. The van der Waals surface area contributed by atoms with Crippen molar-refractivity contribution >= 4 is 23.4 Å². The van der Waals surface area contributed by atoms with Gasteiger partial charge in [-0.2, -0.15) is 0 Å². The molecule has 2 aliphatic carbocycles. The number of hydrogen-bond donors (Lipinski definition) is 3. The van der Waals surface area contributed by atoms with Crippen LogP contribution in [-0.4, -0.2) is 17.9 Å². The van der Waals surface area contributed by atoms with Gasteiger partial charge >= 0.3 is 0 Å². The smallest absolute Gasteiger partial charge is 0.247 e. The number of amides is 2. The number of carbonyl (C=O) groups is 2. The van der Waals surface area contributed by atoms with Crippen LogP contribution < -0.4 is 16.8 Å². The number of carbonyl (C=O) groups excluding carboxylic acids is 2. The van der Waals surface area contributed by atoms with Crippen LogP contribution in [0.5, 0.6) is 0 Å². The summed E-state index contributed by atoms with van der Waals surface area (Å²) in [5, 5.41) is 3.39. The average Bonchev–Trinajstić information content (AvgIpc) is 2.54. The van der Waals surface area contributed by atoms with Crippen molar-refractivity contribution < 1.29 is 9.59 Å². The number of benzene rings is 1. The molecule has 2 amide bonds. The number of halogens is 1. The molecule has 3 rings (SSSR count). The summed E-state index contributed by atoms with van der Waals surface area (Å²) in [5.41, 5.74) is 11.2. The minimum absolute atomic E-state index is 0.118. The molecule has 2 bridgehead atoms. The topological polar surface area (TPSA) is 98.2 Å². The first-order chi connectivity index (χ1) is 11.8. The first-order valence-electron chi connectivity index (χ1n) is 8.95. The number of hydrogen-bond acceptors (Lipinski definition) is 3. The highest BCUT2D eigenvalue weighted by Crippen LogP contribution is 2.42. The lowest BCUT2D eigenvalue weighted by Gasteiger charge is -2.44. The first-order valence-corrected chi connectivity index (χ1v) is 9.32. The Bertz CT molecular complexity index is 666. The molecule has 1 aromatic carbocycles. The van der Waals surface area contributed by atoms with Crippen LogP contribution in [-0.2, 0) is 15.1 Å². The van der Waals surface area contributed by atoms with E-state index in [2.05, 4.69) is 5.32 Å². The molecule has 0 aliphatic heterocycles. The van der Waals surface area contributed by atoms with Crippen molar-refractivity contribution in [2.24, 2.45) is 29.2 Å². The third-order valence-electron chi connectivity index (χ3n) is 6.05. The third-order valence-corrected chi connectivity index (χ3v) is 6.29. The zero-order valence-corrected chi connectivity index (χ0v) is 15.3. The Morgan fingerprint density at radius 1 is 1.24 bits per heavy atom. The van der Waals surface area contributed by atoms with E-state index in [4.69, 9.17) is 23.1 Å². The Morgan fingerprint density at radius 2 is 1.88 bits per heavy atom. The predicted octanol–water partition coefficient (Wildman–Crippen LogP) is 2.31. The van der Waals surface area contributed by atoms with Gasteiger partial charge in [-0.25, -0.2) is 0 Å². The van der Waals surface area contributed by atoms with Gasteiger partial charge in [-0.15, -0.1) is 0 Å². The summed E-state index contributed by atoms with van der Waals surface area (Å²) in [6.45, 7) is 1.63. The number of fused-ring (bicyclic) bond motifs is 2. The maximum Gasteiger partial charge on any atom is 0.247 e. The molecule has 0 radical (unpaired) electrons. The molecule has 2 fully saturated rings. The Morgan fingerprint density at radius 3 is 2.44 bits per heavy atom. The highest BCUT2D eigenvalue weighted by Gasteiger charge is 2.43. The number of nitrogens with one attached hydrogen (secondary N) is 1. The summed E-state index contributed by atoms with van der Waals surface area (Å²) in [7, 11) is 0. The number of rotatable bonds is 4. The zero-order chi connectivity index (χ0) is 18.2. The van der Waals surface area contributed by atoms with Crippen LogP contribution >= 0.6 is 11.6 Å². The fourth-order valence-corrected chi connectivity index (χ4v) is 4.62. The lowest BCUT2D eigenvalue weighted by molar-refractivity contribution is -0.135. The summed E-state index contributed by atoms with van der Waals surface area (Å²) in [5.74, 6) is -0.0441. The lowest BCUT2D eigenvalue weighted by Crippen LogP contribution is -2.56. The van der Waals surface area contributed by atoms with Gasteiger partial charge in [0.1, 0.15) is 5.54 Å². The Balaban J connectivity index is 1.79. The van der Waals surface area contributed by atoms with Crippen LogP contribution in [0.2, 0.25) is 5.02 Å². The largest absolute Gasteiger partial charge is 0.367 e. The maximum absolute atomic E-state index is 12.9. The fraction of sp³-hybridized carbons (Fsp3) is 0.579. The average molecular weight is 364 g/mol. The van der Waals surface area contributed by atoms with Gasteiger partial charge in [-0.3, -0.25) is 9.59 Å². The minimum atomic E-state index is -1.28. The Kier molecular flexibility index (Phi) is 5.07. The zero-order valence-electron chi connectivity index (χ0n) is 14.5. The molecule has 136 valence electrons. The molecule has 5 N–H and O–H groups in total. The van der Waals surface area contributed by atoms with Crippen molar-refractivity contribution in [3.8, 4) is 0 Å². The van der Waals surface area contributed by atoms with Gasteiger partial charge in [-0.1, -0.05) is 30.2 Å². The molecule has 2 aliphatic rings. The SMILES string of the molecule is CC(NC(=O)C1CC2CCCC(C1)C2N)(C(N)=O)c1cccc(Cl)c1. The van der Waals surface area contributed by atoms with Crippen molar-refractivity contribution in [2.45, 2.75) is 50.6 Å². The van der Waals surface area contributed by atoms with Gasteiger partial charge in [0.15, 0.2) is 0 Å². The van der Waals surface area contributed by atoms with Crippen LogP contribution in [0, 0.1) is 17.8 Å². The number of nitrogens with two attached hydrogens (primary N) is 2. The molecule has 0 spiro atoms. The van der Waals surface area contributed by atoms with Gasteiger partial charge in [0.2, 0.25) is 11.8 Å². The quantitative estimate of drug-likeness (QED) is 0.765. The second-order valence-corrected chi connectivity index (χ2v) is 8.12. The van der Waals surface area contributed by atoms with Gasteiger partial charge < -0.3 is 16.8 Å². The van der Waals surface area contributed by atoms with Crippen LogP contribution in [0.1, 0.15) is 44.6 Å².